The highest BCUT2D eigenvalue weighted by Gasteiger charge is 1.83. The molecule has 0 nitrogen and oxygen atoms in total. The van der Waals surface area contributed by atoms with Crippen LogP contribution in [0.15, 0.2) is 12.2 Å². The first-order valence-corrected chi connectivity index (χ1v) is 5.06. The van der Waals surface area contributed by atoms with E-state index < -0.39 is 0 Å². The van der Waals surface area contributed by atoms with E-state index >= 15 is 0 Å². The Morgan fingerprint density at radius 2 is 1.42 bits per heavy atom. The first kappa shape index (κ1) is 14.7. The Hall–Kier alpha value is 0.220. The van der Waals surface area contributed by atoms with Crippen molar-refractivity contribution in [3.05, 3.63) is 12.2 Å². The van der Waals surface area contributed by atoms with Crippen LogP contribution in [0.5, 0.6) is 0 Å². The molecule has 0 fully saturated rings. The topological polar surface area (TPSA) is 0 Å². The molecule has 0 bridgehead atoms. The molecule has 0 rings (SSSR count). The van der Waals surface area contributed by atoms with Gasteiger partial charge in [-0.25, -0.2) is 0 Å². The van der Waals surface area contributed by atoms with Crippen molar-refractivity contribution < 1.29 is 0 Å². The van der Waals surface area contributed by atoms with Gasteiger partial charge < -0.3 is 0 Å². The summed E-state index contributed by atoms with van der Waals surface area (Å²) in [5.74, 6) is 0. The summed E-state index contributed by atoms with van der Waals surface area (Å²) in [5, 5.41) is 0. The molecule has 0 radical (unpaired) electrons. The van der Waals surface area contributed by atoms with Gasteiger partial charge in [0.15, 0.2) is 0 Å². The minimum atomic E-state index is 0. The third-order valence-corrected chi connectivity index (χ3v) is 1.85. The number of hydrogen-bond donors (Lipinski definition) is 0. The molecule has 0 atom stereocenters. The quantitative estimate of drug-likeness (QED) is 0.435. The van der Waals surface area contributed by atoms with Gasteiger partial charge in [0.1, 0.15) is 0 Å². The van der Waals surface area contributed by atoms with E-state index in [2.05, 4.69) is 26.0 Å². The average Bonchev–Trinajstić information content (AvgIpc) is 2.03. The lowest BCUT2D eigenvalue weighted by Crippen LogP contribution is -1.73. The van der Waals surface area contributed by atoms with Crippen LogP contribution in [0, 0.1) is 0 Å². The summed E-state index contributed by atoms with van der Waals surface area (Å²) >= 11 is 0. The third kappa shape index (κ3) is 12.9. The maximum Gasteiger partial charge on any atom is -0.0351 e. The molecule has 0 aromatic heterocycles. The predicted octanol–water partition coefficient (Wildman–Crippen LogP) is 4.89. The molecule has 0 aliphatic heterocycles. The van der Waals surface area contributed by atoms with Crippen molar-refractivity contribution >= 4 is 17.0 Å². The number of rotatable bonds is 7. The minimum Gasteiger partial charge on any atom is -0.114 e. The highest BCUT2D eigenvalue weighted by Crippen LogP contribution is 2.03. The van der Waals surface area contributed by atoms with Crippen molar-refractivity contribution in [2.45, 2.75) is 58.8 Å². The minimum absolute atomic E-state index is 0. The summed E-state index contributed by atoms with van der Waals surface area (Å²) in [6.07, 6.45) is 14.0. The Bertz CT molecular complexity index is 87.0. The van der Waals surface area contributed by atoms with E-state index in [-0.39, 0.29) is 17.0 Å². The van der Waals surface area contributed by atoms with E-state index in [1.807, 2.05) is 0 Å². The lowest BCUT2D eigenvalue weighted by Gasteiger charge is -1.93. The lowest BCUT2D eigenvalue weighted by molar-refractivity contribution is 0.673. The van der Waals surface area contributed by atoms with Crippen molar-refractivity contribution in [2.24, 2.45) is 0 Å². The number of allylic oxidation sites excluding steroid dienone is 2. The van der Waals surface area contributed by atoms with Gasteiger partial charge >= 0.3 is 0 Å². The van der Waals surface area contributed by atoms with E-state index in [1.165, 1.54) is 44.9 Å². The van der Waals surface area contributed by atoms with E-state index in [0.717, 1.165) is 0 Å². The summed E-state index contributed by atoms with van der Waals surface area (Å²) in [6, 6.07) is 0. The molecule has 0 aliphatic carbocycles. The van der Waals surface area contributed by atoms with Gasteiger partial charge in [0.2, 0.25) is 0 Å². The maximum atomic E-state index is 2.33. The monoisotopic (exact) mass is 234 g/mol. The van der Waals surface area contributed by atoms with Crippen LogP contribution in [0.3, 0.4) is 0 Å². The zero-order chi connectivity index (χ0) is 8.36. The van der Waals surface area contributed by atoms with Crippen LogP contribution in [-0.2, 0) is 0 Å². The summed E-state index contributed by atoms with van der Waals surface area (Å²) in [5.41, 5.74) is 0. The molecule has 1 heteroatoms. The SMILES string of the molecule is Br.CCCC=CCCCCCC. The smallest absolute Gasteiger partial charge is 0.0351 e. The van der Waals surface area contributed by atoms with E-state index in [0.29, 0.717) is 0 Å². The molecule has 0 spiro atoms. The second kappa shape index (κ2) is 13.8. The molecule has 74 valence electrons. The Morgan fingerprint density at radius 3 is 2.00 bits per heavy atom. The summed E-state index contributed by atoms with van der Waals surface area (Å²) in [4.78, 5) is 0. The Kier molecular flexibility index (Phi) is 16.9. The fourth-order valence-electron chi connectivity index (χ4n) is 1.09. The fraction of sp³-hybridized carbons (Fsp3) is 0.818. The first-order valence-electron chi connectivity index (χ1n) is 5.06. The van der Waals surface area contributed by atoms with Gasteiger partial charge in [-0.1, -0.05) is 51.7 Å². The highest BCUT2D eigenvalue weighted by molar-refractivity contribution is 8.93. The van der Waals surface area contributed by atoms with Crippen molar-refractivity contribution in [3.8, 4) is 0 Å². The predicted molar refractivity (Wildman–Crippen MR) is 63.1 cm³/mol. The van der Waals surface area contributed by atoms with Gasteiger partial charge in [0.25, 0.3) is 0 Å². The number of hydrogen-bond acceptors (Lipinski definition) is 0. The van der Waals surface area contributed by atoms with Gasteiger partial charge in [-0.05, 0) is 19.3 Å². The third-order valence-electron chi connectivity index (χ3n) is 1.85. The molecular formula is C11H23Br. The van der Waals surface area contributed by atoms with Crippen molar-refractivity contribution in [1.29, 1.82) is 0 Å². The molecule has 0 aromatic rings. The van der Waals surface area contributed by atoms with E-state index in [9.17, 15) is 0 Å². The second-order valence-electron chi connectivity index (χ2n) is 3.11. The first-order chi connectivity index (χ1) is 5.41. The lowest BCUT2D eigenvalue weighted by atomic mass is 10.1. The van der Waals surface area contributed by atoms with Crippen LogP contribution in [0.4, 0.5) is 0 Å². The van der Waals surface area contributed by atoms with Gasteiger partial charge in [-0.3, -0.25) is 0 Å². The maximum absolute atomic E-state index is 2.33. The van der Waals surface area contributed by atoms with Gasteiger partial charge in [0.05, 0.1) is 0 Å². The normalized spacial score (nSPS) is 10.2. The van der Waals surface area contributed by atoms with Crippen LogP contribution >= 0.6 is 17.0 Å². The Balaban J connectivity index is 0. The van der Waals surface area contributed by atoms with Gasteiger partial charge in [-0.2, -0.15) is 0 Å². The summed E-state index contributed by atoms with van der Waals surface area (Å²) in [7, 11) is 0. The van der Waals surface area contributed by atoms with Crippen LogP contribution in [0.2, 0.25) is 0 Å². The molecule has 0 amide bonds. The molecule has 0 unspecified atom stereocenters. The molecule has 0 aromatic carbocycles. The fourth-order valence-corrected chi connectivity index (χ4v) is 1.09. The van der Waals surface area contributed by atoms with Crippen LogP contribution in [0.25, 0.3) is 0 Å². The van der Waals surface area contributed by atoms with Crippen molar-refractivity contribution in [1.82, 2.24) is 0 Å². The molecule has 0 heterocycles. The molecule has 0 saturated heterocycles. The standard InChI is InChI=1S/C11H22.BrH/c1-3-5-7-9-11-10-8-6-4-2;/h7,9H,3-6,8,10-11H2,1-2H3;1H. The highest BCUT2D eigenvalue weighted by atomic mass is 79.9. The summed E-state index contributed by atoms with van der Waals surface area (Å²) in [6.45, 7) is 4.48. The Morgan fingerprint density at radius 1 is 0.750 bits per heavy atom. The van der Waals surface area contributed by atoms with Crippen molar-refractivity contribution in [2.75, 3.05) is 0 Å². The van der Waals surface area contributed by atoms with Crippen LogP contribution in [-0.4, -0.2) is 0 Å². The van der Waals surface area contributed by atoms with E-state index in [4.69, 9.17) is 0 Å². The van der Waals surface area contributed by atoms with Gasteiger partial charge in [0, 0.05) is 0 Å². The largest absolute Gasteiger partial charge is 0.114 e. The zero-order valence-electron chi connectivity index (χ0n) is 8.51. The molecular weight excluding hydrogens is 212 g/mol. The zero-order valence-corrected chi connectivity index (χ0v) is 10.2. The van der Waals surface area contributed by atoms with Crippen LogP contribution < -0.4 is 0 Å². The second-order valence-corrected chi connectivity index (χ2v) is 3.11. The number of unbranched alkanes of at least 4 members (excludes halogenated alkanes) is 5. The summed E-state index contributed by atoms with van der Waals surface area (Å²) < 4.78 is 0. The van der Waals surface area contributed by atoms with E-state index in [1.54, 1.807) is 0 Å². The van der Waals surface area contributed by atoms with Gasteiger partial charge in [-0.15, -0.1) is 17.0 Å². The Labute approximate surface area is 88.2 Å². The molecule has 0 aliphatic rings. The molecule has 12 heavy (non-hydrogen) atoms. The molecule has 0 N–H and O–H groups in total. The van der Waals surface area contributed by atoms with Crippen molar-refractivity contribution in [3.63, 3.8) is 0 Å². The average molecular weight is 235 g/mol. The number of halogens is 1. The molecule has 0 saturated carbocycles. The van der Waals surface area contributed by atoms with Crippen LogP contribution in [0.1, 0.15) is 58.8 Å².